The fraction of sp³-hybridized carbons (Fsp3) is 0.0909. The van der Waals surface area contributed by atoms with Crippen LogP contribution in [0.5, 0.6) is 0 Å². The summed E-state index contributed by atoms with van der Waals surface area (Å²) in [5, 5.41) is 3.21. The molecule has 2 rings (SSSR count). The molecule has 1 aromatic carbocycles. The van der Waals surface area contributed by atoms with E-state index in [2.05, 4.69) is 4.98 Å². The van der Waals surface area contributed by atoms with E-state index in [0.29, 0.717) is 16.3 Å². The third-order valence-corrected chi connectivity index (χ3v) is 2.95. The van der Waals surface area contributed by atoms with Gasteiger partial charge in [0.05, 0.1) is 5.01 Å². The lowest BCUT2D eigenvalue weighted by Gasteiger charge is -1.97. The Morgan fingerprint density at radius 2 is 2.27 bits per heavy atom. The number of aryl methyl sites for hydroxylation is 1. The highest BCUT2D eigenvalue weighted by molar-refractivity contribution is 7.09. The second kappa shape index (κ2) is 4.13. The molecule has 0 fully saturated rings. The zero-order valence-electron chi connectivity index (χ0n) is 8.03. The maximum atomic E-state index is 11.9. The van der Waals surface area contributed by atoms with E-state index in [9.17, 15) is 4.79 Å². The van der Waals surface area contributed by atoms with Crippen LogP contribution >= 0.6 is 22.9 Å². The third-order valence-electron chi connectivity index (χ3n) is 1.94. The van der Waals surface area contributed by atoms with Gasteiger partial charge in [-0.05, 0) is 19.1 Å². The Balaban J connectivity index is 2.36. The largest absolute Gasteiger partial charge is 0.287 e. The lowest BCUT2D eigenvalue weighted by atomic mass is 10.1. The second-order valence-corrected chi connectivity index (χ2v) is 4.59. The van der Waals surface area contributed by atoms with E-state index in [1.54, 1.807) is 29.6 Å². The number of nitrogens with zero attached hydrogens (tertiary/aromatic N) is 1. The van der Waals surface area contributed by atoms with Crippen LogP contribution in [0.4, 0.5) is 0 Å². The molecule has 0 amide bonds. The average Bonchev–Trinajstić information content (AvgIpc) is 2.64. The number of hydrogen-bond donors (Lipinski definition) is 0. The van der Waals surface area contributed by atoms with Gasteiger partial charge in [0.25, 0.3) is 0 Å². The van der Waals surface area contributed by atoms with Gasteiger partial charge in [0, 0.05) is 16.0 Å². The maximum Gasteiger partial charge on any atom is 0.212 e. The van der Waals surface area contributed by atoms with Crippen molar-refractivity contribution in [2.24, 2.45) is 0 Å². The minimum atomic E-state index is -0.0816. The molecule has 0 saturated carbocycles. The summed E-state index contributed by atoms with van der Waals surface area (Å²) in [7, 11) is 0. The Bertz CT molecular complexity index is 507. The minimum Gasteiger partial charge on any atom is -0.287 e. The predicted molar refractivity (Wildman–Crippen MR) is 61.7 cm³/mol. The van der Waals surface area contributed by atoms with Crippen LogP contribution in [0.3, 0.4) is 0 Å². The number of ketones is 1. The van der Waals surface area contributed by atoms with E-state index < -0.39 is 0 Å². The van der Waals surface area contributed by atoms with Gasteiger partial charge < -0.3 is 0 Å². The van der Waals surface area contributed by atoms with Crippen molar-refractivity contribution in [3.05, 3.63) is 50.9 Å². The average molecular weight is 238 g/mol. The molecule has 0 unspecified atom stereocenters. The first-order valence-corrected chi connectivity index (χ1v) is 5.65. The Morgan fingerprint density at radius 1 is 1.47 bits per heavy atom. The Labute approximate surface area is 96.5 Å². The van der Waals surface area contributed by atoms with Crippen molar-refractivity contribution in [1.29, 1.82) is 0 Å². The highest BCUT2D eigenvalue weighted by Gasteiger charge is 2.11. The molecule has 1 heterocycles. The van der Waals surface area contributed by atoms with E-state index in [0.717, 1.165) is 5.01 Å². The molecule has 15 heavy (non-hydrogen) atoms. The molecule has 0 N–H and O–H groups in total. The summed E-state index contributed by atoms with van der Waals surface area (Å²) >= 11 is 7.28. The van der Waals surface area contributed by atoms with E-state index >= 15 is 0 Å². The van der Waals surface area contributed by atoms with Gasteiger partial charge in [0.15, 0.2) is 0 Å². The van der Waals surface area contributed by atoms with Crippen molar-refractivity contribution in [3.63, 3.8) is 0 Å². The van der Waals surface area contributed by atoms with Gasteiger partial charge in [0.1, 0.15) is 5.69 Å². The van der Waals surface area contributed by atoms with Crippen LogP contribution in [0.15, 0.2) is 29.6 Å². The molecular formula is C11H8ClNOS. The topological polar surface area (TPSA) is 30.0 Å². The van der Waals surface area contributed by atoms with Crippen molar-refractivity contribution < 1.29 is 4.79 Å². The van der Waals surface area contributed by atoms with Crippen molar-refractivity contribution in [3.8, 4) is 0 Å². The summed E-state index contributed by atoms with van der Waals surface area (Å²) < 4.78 is 0. The highest BCUT2D eigenvalue weighted by Crippen LogP contribution is 2.16. The van der Waals surface area contributed by atoms with Gasteiger partial charge in [-0.3, -0.25) is 4.79 Å². The molecule has 0 atom stereocenters. The lowest BCUT2D eigenvalue weighted by Crippen LogP contribution is -2.01. The number of aromatic nitrogens is 1. The third kappa shape index (κ3) is 2.25. The fourth-order valence-corrected chi connectivity index (χ4v) is 2.03. The molecule has 0 aliphatic carbocycles. The number of hydrogen-bond acceptors (Lipinski definition) is 3. The Morgan fingerprint density at radius 3 is 2.87 bits per heavy atom. The van der Waals surface area contributed by atoms with Crippen LogP contribution in [0.25, 0.3) is 0 Å². The van der Waals surface area contributed by atoms with Crippen LogP contribution in [0.1, 0.15) is 21.1 Å². The molecule has 0 radical (unpaired) electrons. The lowest BCUT2D eigenvalue weighted by molar-refractivity contribution is 0.103. The molecule has 2 aromatic rings. The highest BCUT2D eigenvalue weighted by atomic mass is 35.5. The molecule has 1 aromatic heterocycles. The van der Waals surface area contributed by atoms with Crippen LogP contribution < -0.4 is 0 Å². The number of benzene rings is 1. The van der Waals surface area contributed by atoms with Gasteiger partial charge in [0.2, 0.25) is 5.78 Å². The first-order chi connectivity index (χ1) is 7.16. The smallest absolute Gasteiger partial charge is 0.212 e. The fourth-order valence-electron chi connectivity index (χ4n) is 1.25. The number of thiazole rings is 1. The molecule has 0 saturated heterocycles. The summed E-state index contributed by atoms with van der Waals surface area (Å²) in [4.78, 5) is 16.0. The molecule has 4 heteroatoms. The van der Waals surface area contributed by atoms with Crippen molar-refractivity contribution in [1.82, 2.24) is 4.98 Å². The van der Waals surface area contributed by atoms with E-state index in [1.807, 2.05) is 6.92 Å². The van der Waals surface area contributed by atoms with Crippen LogP contribution in [0.2, 0.25) is 5.02 Å². The number of rotatable bonds is 2. The van der Waals surface area contributed by atoms with Gasteiger partial charge in [-0.25, -0.2) is 4.98 Å². The molecular weight excluding hydrogens is 230 g/mol. The van der Waals surface area contributed by atoms with Gasteiger partial charge in [-0.2, -0.15) is 0 Å². The van der Waals surface area contributed by atoms with Gasteiger partial charge in [-0.1, -0.05) is 23.7 Å². The summed E-state index contributed by atoms with van der Waals surface area (Å²) in [5.41, 5.74) is 1.06. The summed E-state index contributed by atoms with van der Waals surface area (Å²) in [5.74, 6) is -0.0816. The van der Waals surface area contributed by atoms with E-state index in [4.69, 9.17) is 11.6 Å². The van der Waals surface area contributed by atoms with Gasteiger partial charge >= 0.3 is 0 Å². The molecule has 76 valence electrons. The van der Waals surface area contributed by atoms with Gasteiger partial charge in [-0.15, -0.1) is 11.3 Å². The molecule has 0 aliphatic heterocycles. The predicted octanol–water partition coefficient (Wildman–Crippen LogP) is 3.34. The van der Waals surface area contributed by atoms with Crippen LogP contribution in [-0.4, -0.2) is 10.8 Å². The maximum absolute atomic E-state index is 11.9. The molecule has 2 nitrogen and oxygen atoms in total. The minimum absolute atomic E-state index is 0.0816. The quantitative estimate of drug-likeness (QED) is 0.750. The SMILES string of the molecule is Cc1nc(C(=O)c2cccc(Cl)c2)cs1. The zero-order valence-corrected chi connectivity index (χ0v) is 9.60. The first kappa shape index (κ1) is 10.3. The number of carbonyl (C=O) groups is 1. The van der Waals surface area contributed by atoms with Crippen molar-refractivity contribution in [2.45, 2.75) is 6.92 Å². The molecule has 0 bridgehead atoms. The Hall–Kier alpha value is -1.19. The van der Waals surface area contributed by atoms with E-state index in [1.165, 1.54) is 11.3 Å². The monoisotopic (exact) mass is 237 g/mol. The zero-order chi connectivity index (χ0) is 10.8. The Kier molecular flexibility index (Phi) is 2.84. The molecule has 0 spiro atoms. The first-order valence-electron chi connectivity index (χ1n) is 4.39. The normalized spacial score (nSPS) is 10.3. The van der Waals surface area contributed by atoms with Crippen molar-refractivity contribution in [2.75, 3.05) is 0 Å². The number of carbonyl (C=O) groups excluding carboxylic acids is 1. The summed E-state index contributed by atoms with van der Waals surface area (Å²) in [6.45, 7) is 1.87. The number of halogens is 1. The van der Waals surface area contributed by atoms with E-state index in [-0.39, 0.29) is 5.78 Å². The summed E-state index contributed by atoms with van der Waals surface area (Å²) in [6, 6.07) is 6.89. The van der Waals surface area contributed by atoms with Crippen molar-refractivity contribution >= 4 is 28.7 Å². The second-order valence-electron chi connectivity index (χ2n) is 3.09. The molecule has 0 aliphatic rings. The van der Waals surface area contributed by atoms with Crippen LogP contribution in [0, 0.1) is 6.92 Å². The van der Waals surface area contributed by atoms with Crippen LogP contribution in [-0.2, 0) is 0 Å². The standard InChI is InChI=1S/C11H8ClNOS/c1-7-13-10(6-15-7)11(14)8-3-2-4-9(12)5-8/h2-6H,1H3. The summed E-state index contributed by atoms with van der Waals surface area (Å²) in [6.07, 6.45) is 0.